The Morgan fingerprint density at radius 1 is 1.11 bits per heavy atom. The lowest BCUT2D eigenvalue weighted by Gasteiger charge is -2.21. The van der Waals surface area contributed by atoms with E-state index < -0.39 is 34.0 Å². The number of carbonyl (C=O) groups is 1. The molecule has 0 unspecified atom stereocenters. The van der Waals surface area contributed by atoms with Crippen molar-refractivity contribution in [2.45, 2.75) is 23.5 Å². The standard InChI is InChI=1S/C18H18FNO6S/c1-25-18(22)17-10-13(21)11-20(17)27(23,24)16-8-6-15(7-9-16)26-14-4-2-12(19)3-5-14/h2-9,13,17,21H,10-11H2,1H3/t13-,17-/m1/s1. The van der Waals surface area contributed by atoms with E-state index in [1.54, 1.807) is 0 Å². The van der Waals surface area contributed by atoms with Gasteiger partial charge in [-0.05, 0) is 48.5 Å². The van der Waals surface area contributed by atoms with Crippen molar-refractivity contribution in [1.29, 1.82) is 0 Å². The van der Waals surface area contributed by atoms with Gasteiger partial charge < -0.3 is 14.6 Å². The number of carbonyl (C=O) groups excluding carboxylic acids is 1. The number of rotatable bonds is 5. The second kappa shape index (κ2) is 7.63. The summed E-state index contributed by atoms with van der Waals surface area (Å²) in [5.74, 6) is -0.338. The van der Waals surface area contributed by atoms with Crippen LogP contribution in [-0.2, 0) is 19.6 Å². The summed E-state index contributed by atoms with van der Waals surface area (Å²) in [7, 11) is -2.84. The van der Waals surface area contributed by atoms with Crippen molar-refractivity contribution in [3.63, 3.8) is 0 Å². The Morgan fingerprint density at radius 3 is 2.22 bits per heavy atom. The topological polar surface area (TPSA) is 93.1 Å². The van der Waals surface area contributed by atoms with E-state index in [9.17, 15) is 22.7 Å². The van der Waals surface area contributed by atoms with E-state index in [0.717, 1.165) is 4.31 Å². The normalized spacial score (nSPS) is 20.4. The first-order chi connectivity index (χ1) is 12.8. The van der Waals surface area contributed by atoms with Crippen LogP contribution < -0.4 is 4.74 Å². The van der Waals surface area contributed by atoms with E-state index >= 15 is 0 Å². The summed E-state index contributed by atoms with van der Waals surface area (Å²) in [4.78, 5) is 11.8. The first-order valence-electron chi connectivity index (χ1n) is 8.12. The van der Waals surface area contributed by atoms with Crippen LogP contribution in [0.1, 0.15) is 6.42 Å². The molecule has 1 N–H and O–H groups in total. The van der Waals surface area contributed by atoms with E-state index in [1.807, 2.05) is 0 Å². The molecule has 0 amide bonds. The van der Waals surface area contributed by atoms with E-state index in [-0.39, 0.29) is 17.9 Å². The van der Waals surface area contributed by atoms with Gasteiger partial charge in [0, 0.05) is 13.0 Å². The largest absolute Gasteiger partial charge is 0.468 e. The summed E-state index contributed by atoms with van der Waals surface area (Å²) in [5, 5.41) is 9.79. The van der Waals surface area contributed by atoms with E-state index in [4.69, 9.17) is 4.74 Å². The minimum absolute atomic E-state index is 0.0162. The Hall–Kier alpha value is -2.49. The fourth-order valence-electron chi connectivity index (χ4n) is 2.85. The summed E-state index contributed by atoms with van der Waals surface area (Å²) in [6.07, 6.45) is -0.956. The Kier molecular flexibility index (Phi) is 5.45. The summed E-state index contributed by atoms with van der Waals surface area (Å²) in [6, 6.07) is 9.93. The molecule has 2 atom stereocenters. The number of β-amino-alcohol motifs (C(OH)–C–C–N with tert-alkyl or cyclic N) is 1. The highest BCUT2D eigenvalue weighted by Crippen LogP contribution is 2.29. The average Bonchev–Trinajstić information content (AvgIpc) is 3.06. The highest BCUT2D eigenvalue weighted by Gasteiger charge is 2.44. The van der Waals surface area contributed by atoms with Crippen LogP contribution in [0.3, 0.4) is 0 Å². The molecule has 0 aliphatic carbocycles. The summed E-state index contributed by atoms with van der Waals surface area (Å²) in [5.41, 5.74) is 0. The Bertz CT molecular complexity index is 914. The molecule has 27 heavy (non-hydrogen) atoms. The van der Waals surface area contributed by atoms with Gasteiger partial charge in [-0.15, -0.1) is 0 Å². The second-order valence-corrected chi connectivity index (χ2v) is 7.92. The van der Waals surface area contributed by atoms with Crippen molar-refractivity contribution in [2.24, 2.45) is 0 Å². The van der Waals surface area contributed by atoms with Crippen LogP contribution in [0, 0.1) is 5.82 Å². The quantitative estimate of drug-likeness (QED) is 0.778. The van der Waals surface area contributed by atoms with E-state index in [1.165, 1.54) is 55.6 Å². The van der Waals surface area contributed by atoms with Crippen LogP contribution in [0.2, 0.25) is 0 Å². The van der Waals surface area contributed by atoms with Gasteiger partial charge in [-0.2, -0.15) is 4.31 Å². The fraction of sp³-hybridized carbons (Fsp3) is 0.278. The molecule has 1 saturated heterocycles. The predicted molar refractivity (Wildman–Crippen MR) is 93.2 cm³/mol. The van der Waals surface area contributed by atoms with Crippen LogP contribution in [0.4, 0.5) is 4.39 Å². The summed E-state index contributed by atoms with van der Waals surface area (Å²) >= 11 is 0. The van der Waals surface area contributed by atoms with E-state index in [0.29, 0.717) is 11.5 Å². The van der Waals surface area contributed by atoms with Gasteiger partial charge in [-0.1, -0.05) is 0 Å². The van der Waals surface area contributed by atoms with Crippen LogP contribution in [0.15, 0.2) is 53.4 Å². The highest BCUT2D eigenvalue weighted by molar-refractivity contribution is 7.89. The number of aliphatic hydroxyl groups is 1. The molecule has 2 aromatic carbocycles. The number of benzene rings is 2. The minimum atomic E-state index is -4.00. The first kappa shape index (κ1) is 19.3. The molecule has 2 aromatic rings. The third-order valence-corrected chi connectivity index (χ3v) is 6.08. The smallest absolute Gasteiger partial charge is 0.324 e. The van der Waals surface area contributed by atoms with Crippen molar-refractivity contribution in [3.8, 4) is 11.5 Å². The van der Waals surface area contributed by atoms with Crippen molar-refractivity contribution in [3.05, 3.63) is 54.3 Å². The molecule has 0 spiro atoms. The van der Waals surface area contributed by atoms with Crippen molar-refractivity contribution < 1.29 is 32.2 Å². The average molecular weight is 395 g/mol. The molecule has 1 aliphatic heterocycles. The maximum atomic E-state index is 12.9. The lowest BCUT2D eigenvalue weighted by molar-refractivity contribution is -0.144. The Morgan fingerprint density at radius 2 is 1.67 bits per heavy atom. The molecule has 9 heteroatoms. The van der Waals surface area contributed by atoms with Gasteiger partial charge in [0.15, 0.2) is 0 Å². The molecule has 3 rings (SSSR count). The van der Waals surface area contributed by atoms with Gasteiger partial charge in [-0.3, -0.25) is 4.79 Å². The molecule has 0 saturated carbocycles. The maximum absolute atomic E-state index is 12.9. The Balaban J connectivity index is 1.80. The van der Waals surface area contributed by atoms with Crippen LogP contribution >= 0.6 is 0 Å². The van der Waals surface area contributed by atoms with Crippen LogP contribution in [-0.4, -0.2) is 49.6 Å². The molecular weight excluding hydrogens is 377 g/mol. The zero-order valence-corrected chi connectivity index (χ0v) is 15.2. The van der Waals surface area contributed by atoms with Gasteiger partial charge in [0.1, 0.15) is 23.4 Å². The zero-order valence-electron chi connectivity index (χ0n) is 14.4. The van der Waals surface area contributed by atoms with Gasteiger partial charge in [0.05, 0.1) is 18.1 Å². The van der Waals surface area contributed by atoms with E-state index in [2.05, 4.69) is 4.74 Å². The number of hydrogen-bond acceptors (Lipinski definition) is 6. The molecule has 144 valence electrons. The number of methoxy groups -OCH3 is 1. The zero-order chi connectivity index (χ0) is 19.6. The molecule has 1 heterocycles. The summed E-state index contributed by atoms with van der Waals surface area (Å²) < 4.78 is 49.7. The highest BCUT2D eigenvalue weighted by atomic mass is 32.2. The molecular formula is C18H18FNO6S. The lowest BCUT2D eigenvalue weighted by atomic mass is 10.2. The van der Waals surface area contributed by atoms with Crippen LogP contribution in [0.5, 0.6) is 11.5 Å². The number of sulfonamides is 1. The third-order valence-electron chi connectivity index (χ3n) is 4.19. The van der Waals surface area contributed by atoms with Gasteiger partial charge in [0.2, 0.25) is 10.0 Å². The number of esters is 1. The van der Waals surface area contributed by atoms with Crippen molar-refractivity contribution in [2.75, 3.05) is 13.7 Å². The fourth-order valence-corrected chi connectivity index (χ4v) is 4.48. The SMILES string of the molecule is COC(=O)[C@H]1C[C@@H](O)CN1S(=O)(=O)c1ccc(Oc2ccc(F)cc2)cc1. The predicted octanol–water partition coefficient (Wildman–Crippen LogP) is 1.91. The lowest BCUT2D eigenvalue weighted by Crippen LogP contribution is -2.41. The number of hydrogen-bond donors (Lipinski definition) is 1. The molecule has 1 fully saturated rings. The number of aliphatic hydroxyl groups excluding tert-OH is 1. The second-order valence-electron chi connectivity index (χ2n) is 6.03. The molecule has 0 aromatic heterocycles. The minimum Gasteiger partial charge on any atom is -0.468 e. The first-order valence-corrected chi connectivity index (χ1v) is 9.56. The van der Waals surface area contributed by atoms with Gasteiger partial charge in [0.25, 0.3) is 0 Å². The number of nitrogens with zero attached hydrogens (tertiary/aromatic N) is 1. The molecule has 7 nitrogen and oxygen atoms in total. The number of halogens is 1. The van der Waals surface area contributed by atoms with Crippen LogP contribution in [0.25, 0.3) is 0 Å². The third kappa shape index (κ3) is 4.10. The molecule has 0 bridgehead atoms. The molecule has 1 aliphatic rings. The molecule has 0 radical (unpaired) electrons. The van der Waals surface area contributed by atoms with Crippen molar-refractivity contribution >= 4 is 16.0 Å². The Labute approximate surface area is 156 Å². The van der Waals surface area contributed by atoms with Gasteiger partial charge in [-0.25, -0.2) is 12.8 Å². The maximum Gasteiger partial charge on any atom is 0.324 e. The van der Waals surface area contributed by atoms with Gasteiger partial charge >= 0.3 is 5.97 Å². The summed E-state index contributed by atoms with van der Waals surface area (Å²) in [6.45, 7) is -0.185. The number of ether oxygens (including phenoxy) is 2. The monoisotopic (exact) mass is 395 g/mol. The van der Waals surface area contributed by atoms with Crippen molar-refractivity contribution in [1.82, 2.24) is 4.31 Å².